The first kappa shape index (κ1) is 28.0. The maximum absolute atomic E-state index is 13.1. The van der Waals surface area contributed by atoms with Gasteiger partial charge >= 0.3 is 0 Å². The van der Waals surface area contributed by atoms with Crippen LogP contribution in [0.4, 0.5) is 0 Å². The molecule has 1 saturated heterocycles. The van der Waals surface area contributed by atoms with Crippen molar-refractivity contribution in [3.05, 3.63) is 85.8 Å². The minimum atomic E-state index is -0.863. The first-order valence-corrected chi connectivity index (χ1v) is 13.6. The summed E-state index contributed by atoms with van der Waals surface area (Å²) in [6, 6.07) is 10.9. The quantitative estimate of drug-likeness (QED) is 0.377. The molecule has 0 aliphatic carbocycles. The molecule has 5 rings (SSSR count). The third-order valence-electron chi connectivity index (χ3n) is 7.88. The van der Waals surface area contributed by atoms with Gasteiger partial charge < -0.3 is 34.2 Å². The molecule has 0 radical (unpaired) electrons. The zero-order valence-corrected chi connectivity index (χ0v) is 23.0. The smallest absolute Gasteiger partial charge is 0.250 e. The molecule has 2 aliphatic heterocycles. The van der Waals surface area contributed by atoms with Gasteiger partial charge in [0, 0.05) is 62.8 Å². The van der Waals surface area contributed by atoms with E-state index in [9.17, 15) is 29.4 Å². The summed E-state index contributed by atoms with van der Waals surface area (Å²) >= 11 is 0. The van der Waals surface area contributed by atoms with Gasteiger partial charge in [-0.25, -0.2) is 0 Å². The maximum atomic E-state index is 13.1. The average Bonchev–Trinajstić information content (AvgIpc) is 2.94. The number of benzene rings is 1. The highest BCUT2D eigenvalue weighted by molar-refractivity contribution is 5.80. The number of phenols is 1. The Morgan fingerprint density at radius 2 is 1.93 bits per heavy atom. The number of amides is 2. The van der Waals surface area contributed by atoms with Gasteiger partial charge in [0.05, 0.1) is 13.0 Å². The first-order valence-electron chi connectivity index (χ1n) is 13.6. The number of hydrogen-bond acceptors (Lipinski definition) is 8. The highest BCUT2D eigenvalue weighted by atomic mass is 16.5. The molecule has 41 heavy (non-hydrogen) atoms. The molecule has 0 saturated carbocycles. The molecule has 0 spiro atoms. The molecule has 11 nitrogen and oxygen atoms in total. The van der Waals surface area contributed by atoms with Crippen molar-refractivity contribution in [3.63, 3.8) is 0 Å². The fourth-order valence-corrected chi connectivity index (χ4v) is 5.96. The summed E-state index contributed by atoms with van der Waals surface area (Å²) in [6.45, 7) is 3.37. The number of pyridine rings is 1. The Morgan fingerprint density at radius 1 is 1.12 bits per heavy atom. The lowest BCUT2D eigenvalue weighted by Crippen LogP contribution is -2.49. The number of aryl methyl sites for hydroxylation is 1. The van der Waals surface area contributed by atoms with Gasteiger partial charge in [-0.3, -0.25) is 19.2 Å². The van der Waals surface area contributed by atoms with Crippen LogP contribution < -0.4 is 21.0 Å². The zero-order chi connectivity index (χ0) is 29.3. The molecule has 1 aromatic carbocycles. The van der Waals surface area contributed by atoms with Crippen LogP contribution in [0.2, 0.25) is 0 Å². The molecule has 3 aromatic rings. The third-order valence-corrected chi connectivity index (χ3v) is 7.88. The van der Waals surface area contributed by atoms with Crippen LogP contribution in [-0.2, 0) is 16.1 Å². The van der Waals surface area contributed by atoms with Crippen molar-refractivity contribution in [2.75, 3.05) is 26.7 Å². The summed E-state index contributed by atoms with van der Waals surface area (Å²) < 4.78 is 12.7. The topological polar surface area (TPSA) is 151 Å². The average molecular weight is 564 g/mol. The number of likely N-dealkylation sites (tertiary alicyclic amines) is 1. The highest BCUT2D eigenvalue weighted by Crippen LogP contribution is 2.37. The zero-order valence-electron chi connectivity index (χ0n) is 23.0. The van der Waals surface area contributed by atoms with Crippen LogP contribution in [0.25, 0.3) is 0 Å². The van der Waals surface area contributed by atoms with Gasteiger partial charge in [-0.1, -0.05) is 12.1 Å². The van der Waals surface area contributed by atoms with Crippen LogP contribution in [0.1, 0.15) is 53.9 Å². The summed E-state index contributed by atoms with van der Waals surface area (Å²) in [6.07, 6.45) is 0.853. The van der Waals surface area contributed by atoms with Crippen molar-refractivity contribution < 1.29 is 29.0 Å². The van der Waals surface area contributed by atoms with Gasteiger partial charge in [0.1, 0.15) is 5.76 Å². The predicted molar refractivity (Wildman–Crippen MR) is 148 cm³/mol. The standard InChI is InChI=1S/C30H33N3O8/c1-17-10-24(35)29(39)30(41-17)21(19-6-7-23(34)25(12-19)40-2)13-26(36)31-9-8-27(37)32-14-18-11-20(16-32)22-4-3-5-28(38)33(22)15-18/h3-7,10,12,18,20-21,34,39H,8-9,11,13-16H2,1-2H3,(H,31,36)/t18-,20+,21+/m1/s1. The van der Waals surface area contributed by atoms with Crippen LogP contribution in [0.5, 0.6) is 17.2 Å². The number of nitrogens with zero attached hydrogens (tertiary/aromatic N) is 2. The molecule has 3 N–H and O–H groups in total. The third kappa shape index (κ3) is 5.84. The molecule has 2 bridgehead atoms. The normalized spacial score (nSPS) is 18.3. The molecule has 2 amide bonds. The number of carbonyl (C=O) groups is 2. The van der Waals surface area contributed by atoms with Crippen molar-refractivity contribution in [1.29, 1.82) is 0 Å². The van der Waals surface area contributed by atoms with Crippen LogP contribution in [0.3, 0.4) is 0 Å². The monoisotopic (exact) mass is 563 g/mol. The summed E-state index contributed by atoms with van der Waals surface area (Å²) in [5.74, 6) is -1.40. The van der Waals surface area contributed by atoms with Crippen molar-refractivity contribution in [2.24, 2.45) is 5.92 Å². The predicted octanol–water partition coefficient (Wildman–Crippen LogP) is 2.20. The van der Waals surface area contributed by atoms with Gasteiger partial charge in [-0.2, -0.15) is 0 Å². The van der Waals surface area contributed by atoms with Crippen molar-refractivity contribution in [1.82, 2.24) is 14.8 Å². The minimum absolute atomic E-state index is 0.0120. The van der Waals surface area contributed by atoms with Gasteiger partial charge in [-0.05, 0) is 43.0 Å². The Labute approximate surface area is 236 Å². The molecule has 4 heterocycles. The molecule has 216 valence electrons. The number of nitrogens with one attached hydrogen (secondary N) is 1. The molecule has 1 fully saturated rings. The van der Waals surface area contributed by atoms with Gasteiger partial charge in [-0.15, -0.1) is 0 Å². The Morgan fingerprint density at radius 3 is 2.71 bits per heavy atom. The van der Waals surface area contributed by atoms with Gasteiger partial charge in [0.2, 0.25) is 23.0 Å². The van der Waals surface area contributed by atoms with E-state index >= 15 is 0 Å². The summed E-state index contributed by atoms with van der Waals surface area (Å²) in [7, 11) is 1.38. The van der Waals surface area contributed by atoms with E-state index < -0.39 is 23.0 Å². The van der Waals surface area contributed by atoms with E-state index in [2.05, 4.69) is 5.32 Å². The number of rotatable bonds is 8. The van der Waals surface area contributed by atoms with E-state index in [1.54, 1.807) is 25.1 Å². The molecule has 3 atom stereocenters. The van der Waals surface area contributed by atoms with E-state index in [4.69, 9.17) is 9.15 Å². The second kappa shape index (κ2) is 11.5. The van der Waals surface area contributed by atoms with Crippen LogP contribution in [-0.4, -0.2) is 58.2 Å². The lowest BCUT2D eigenvalue weighted by Gasteiger charge is -2.42. The van der Waals surface area contributed by atoms with Crippen LogP contribution >= 0.6 is 0 Å². The van der Waals surface area contributed by atoms with Crippen molar-refractivity contribution in [3.8, 4) is 17.2 Å². The Hall–Kier alpha value is -4.54. The number of ether oxygens (including phenoxy) is 1. The lowest BCUT2D eigenvalue weighted by molar-refractivity contribution is -0.134. The number of aromatic nitrogens is 1. The largest absolute Gasteiger partial charge is 0.504 e. The number of piperidine rings is 1. The van der Waals surface area contributed by atoms with E-state index in [1.165, 1.54) is 19.2 Å². The van der Waals surface area contributed by atoms with Gasteiger partial charge in [0.15, 0.2) is 17.3 Å². The minimum Gasteiger partial charge on any atom is -0.504 e. The number of aromatic hydroxyl groups is 2. The highest BCUT2D eigenvalue weighted by Gasteiger charge is 2.36. The molecule has 2 aliphatic rings. The van der Waals surface area contributed by atoms with Crippen molar-refractivity contribution >= 4 is 11.8 Å². The molecule has 2 aromatic heterocycles. The fourth-order valence-electron chi connectivity index (χ4n) is 5.96. The summed E-state index contributed by atoms with van der Waals surface area (Å²) in [4.78, 5) is 52.5. The second-order valence-corrected chi connectivity index (χ2v) is 10.7. The Balaban J connectivity index is 1.25. The lowest BCUT2D eigenvalue weighted by atomic mass is 9.83. The SMILES string of the molecule is COc1cc([C@H](CC(=O)NCCC(=O)N2C[C@H]3C[C@@H](C2)c2cccc(=O)n2C3)c2oc(C)cc(=O)c2O)ccc1O. The van der Waals surface area contributed by atoms with E-state index in [-0.39, 0.29) is 65.7 Å². The molecular weight excluding hydrogens is 530 g/mol. The Kier molecular flexibility index (Phi) is 7.87. The number of fused-ring (bicyclic) bond motifs is 4. The van der Waals surface area contributed by atoms with Crippen molar-refractivity contribution in [2.45, 2.75) is 44.6 Å². The number of phenolic OH excluding ortho intramolecular Hbond substituents is 1. The maximum Gasteiger partial charge on any atom is 0.250 e. The number of carbonyl (C=O) groups excluding carboxylic acids is 2. The molecule has 0 unspecified atom stereocenters. The number of hydrogen-bond donors (Lipinski definition) is 3. The van der Waals surface area contributed by atoms with E-state index in [0.717, 1.165) is 18.2 Å². The molecule has 11 heteroatoms. The Bertz CT molecular complexity index is 1590. The fraction of sp³-hybridized carbons (Fsp3) is 0.400. The van der Waals surface area contributed by atoms with E-state index in [0.29, 0.717) is 25.2 Å². The van der Waals surface area contributed by atoms with Crippen LogP contribution in [0.15, 0.2) is 56.5 Å². The number of methoxy groups -OCH3 is 1. The summed E-state index contributed by atoms with van der Waals surface area (Å²) in [5.41, 5.74) is 0.794. The second-order valence-electron chi connectivity index (χ2n) is 10.7. The molecular formula is C30H33N3O8. The van der Waals surface area contributed by atoms with Gasteiger partial charge in [0.25, 0.3) is 5.56 Å². The van der Waals surface area contributed by atoms with E-state index in [1.807, 2.05) is 15.5 Å². The van der Waals surface area contributed by atoms with Crippen LogP contribution in [0, 0.1) is 12.8 Å². The first-order chi connectivity index (χ1) is 19.6. The summed E-state index contributed by atoms with van der Waals surface area (Å²) in [5, 5.41) is 23.3.